The molecule has 0 atom stereocenters. The molecule has 0 bridgehead atoms. The molecule has 0 saturated heterocycles. The second-order valence-corrected chi connectivity index (χ2v) is 4.14. The number of aryl methyl sites for hydroxylation is 1. The summed E-state index contributed by atoms with van der Waals surface area (Å²) in [4.78, 5) is 10.9. The van der Waals surface area contributed by atoms with Crippen LogP contribution in [-0.4, -0.2) is 16.2 Å². The van der Waals surface area contributed by atoms with Crippen LogP contribution in [0, 0.1) is 6.92 Å². The number of carboxylic acids is 1. The fraction of sp³-hybridized carbons (Fsp3) is 0.133. The van der Waals surface area contributed by atoms with Gasteiger partial charge < -0.3 is 15.9 Å². The highest BCUT2D eigenvalue weighted by Crippen LogP contribution is 2.35. The molecule has 0 heterocycles. The number of benzene rings is 2. The first kappa shape index (κ1) is 14.6. The van der Waals surface area contributed by atoms with Gasteiger partial charge in [-0.3, -0.25) is 0 Å². The zero-order valence-corrected chi connectivity index (χ0v) is 9.84. The quantitative estimate of drug-likeness (QED) is 0.571. The van der Waals surface area contributed by atoms with E-state index in [0.29, 0.717) is 11.1 Å². The second kappa shape index (κ2) is 5.44. The van der Waals surface area contributed by atoms with Crippen molar-refractivity contribution in [3.8, 4) is 16.9 Å². The molecule has 4 heteroatoms. The van der Waals surface area contributed by atoms with Crippen molar-refractivity contribution in [2.75, 3.05) is 5.73 Å². The first-order valence-corrected chi connectivity index (χ1v) is 5.42. The van der Waals surface area contributed by atoms with Gasteiger partial charge in [0.25, 0.3) is 0 Å². The molecule has 0 saturated carbocycles. The van der Waals surface area contributed by atoms with Gasteiger partial charge in [-0.1, -0.05) is 19.6 Å². The Bertz CT molecular complexity index is 621. The molecule has 0 aliphatic rings. The number of hydrogen-bond donors (Lipinski definition) is 3. The molecule has 19 heavy (non-hydrogen) atoms. The minimum absolute atomic E-state index is 0. The third-order valence-electron chi connectivity index (χ3n) is 2.70. The highest BCUT2D eigenvalue weighted by Gasteiger charge is 2.10. The SMILES string of the molecule is C.Cc1cc(N)c(O)c(-c2cccc(C(=O)O)c2)c1. The van der Waals surface area contributed by atoms with Crippen LogP contribution in [0.25, 0.3) is 11.1 Å². The van der Waals surface area contributed by atoms with Gasteiger partial charge in [-0.25, -0.2) is 4.79 Å². The number of rotatable bonds is 2. The second-order valence-electron chi connectivity index (χ2n) is 4.14. The number of carbonyl (C=O) groups is 1. The van der Waals surface area contributed by atoms with E-state index < -0.39 is 5.97 Å². The maximum absolute atomic E-state index is 10.9. The van der Waals surface area contributed by atoms with Crippen molar-refractivity contribution in [3.63, 3.8) is 0 Å². The summed E-state index contributed by atoms with van der Waals surface area (Å²) < 4.78 is 0. The maximum atomic E-state index is 10.9. The Morgan fingerprint density at radius 3 is 2.53 bits per heavy atom. The number of nitrogen functional groups attached to an aromatic ring is 1. The summed E-state index contributed by atoms with van der Waals surface area (Å²) in [5.41, 5.74) is 8.22. The van der Waals surface area contributed by atoms with Gasteiger partial charge in [-0.05, 0) is 42.3 Å². The van der Waals surface area contributed by atoms with Crippen molar-refractivity contribution in [2.24, 2.45) is 0 Å². The molecule has 2 rings (SSSR count). The van der Waals surface area contributed by atoms with Crippen LogP contribution in [0.15, 0.2) is 36.4 Å². The van der Waals surface area contributed by atoms with E-state index in [2.05, 4.69) is 0 Å². The molecule has 0 unspecified atom stereocenters. The lowest BCUT2D eigenvalue weighted by atomic mass is 9.99. The maximum Gasteiger partial charge on any atom is 0.335 e. The normalized spacial score (nSPS) is 9.74. The Kier molecular flexibility index (Phi) is 4.17. The lowest BCUT2D eigenvalue weighted by molar-refractivity contribution is 0.0697. The molecular weight excluding hydrogens is 242 g/mol. The average Bonchev–Trinajstić information content (AvgIpc) is 2.34. The van der Waals surface area contributed by atoms with E-state index in [1.54, 1.807) is 24.3 Å². The Morgan fingerprint density at radius 2 is 1.89 bits per heavy atom. The summed E-state index contributed by atoms with van der Waals surface area (Å²) in [5, 5.41) is 18.9. The van der Waals surface area contributed by atoms with Crippen LogP contribution in [0.2, 0.25) is 0 Å². The average molecular weight is 259 g/mol. The van der Waals surface area contributed by atoms with E-state index in [0.717, 1.165) is 5.56 Å². The highest BCUT2D eigenvalue weighted by molar-refractivity contribution is 5.90. The van der Waals surface area contributed by atoms with Crippen LogP contribution >= 0.6 is 0 Å². The highest BCUT2D eigenvalue weighted by atomic mass is 16.4. The first-order chi connectivity index (χ1) is 8.49. The zero-order valence-electron chi connectivity index (χ0n) is 9.84. The van der Waals surface area contributed by atoms with Crippen molar-refractivity contribution in [3.05, 3.63) is 47.5 Å². The van der Waals surface area contributed by atoms with Crippen molar-refractivity contribution < 1.29 is 15.0 Å². The largest absolute Gasteiger partial charge is 0.505 e. The molecule has 0 spiro atoms. The van der Waals surface area contributed by atoms with E-state index in [4.69, 9.17) is 10.8 Å². The number of aromatic carboxylic acids is 1. The zero-order chi connectivity index (χ0) is 13.3. The van der Waals surface area contributed by atoms with E-state index >= 15 is 0 Å². The van der Waals surface area contributed by atoms with E-state index in [1.165, 1.54) is 12.1 Å². The molecular formula is C15H17NO3. The van der Waals surface area contributed by atoms with Gasteiger partial charge in [0.05, 0.1) is 11.3 Å². The monoisotopic (exact) mass is 259 g/mol. The summed E-state index contributed by atoms with van der Waals surface area (Å²) in [6, 6.07) is 9.82. The molecule has 2 aromatic rings. The Morgan fingerprint density at radius 1 is 1.21 bits per heavy atom. The number of nitrogens with two attached hydrogens (primary N) is 1. The lowest BCUT2D eigenvalue weighted by Crippen LogP contribution is -1.96. The third kappa shape index (κ3) is 2.85. The summed E-state index contributed by atoms with van der Waals surface area (Å²) in [6.07, 6.45) is 0. The summed E-state index contributed by atoms with van der Waals surface area (Å²) >= 11 is 0. The van der Waals surface area contributed by atoms with E-state index in [9.17, 15) is 9.90 Å². The molecule has 4 N–H and O–H groups in total. The molecule has 0 aliphatic carbocycles. The first-order valence-electron chi connectivity index (χ1n) is 5.42. The molecule has 0 amide bonds. The van der Waals surface area contributed by atoms with Crippen LogP contribution in [-0.2, 0) is 0 Å². The molecule has 0 radical (unpaired) electrons. The number of carboxylic acid groups (broad SMARTS) is 1. The van der Waals surface area contributed by atoms with Crippen molar-refractivity contribution in [1.29, 1.82) is 0 Å². The third-order valence-corrected chi connectivity index (χ3v) is 2.70. The Hall–Kier alpha value is -2.49. The van der Waals surface area contributed by atoms with Gasteiger partial charge in [-0.15, -0.1) is 0 Å². The minimum atomic E-state index is -1.00. The van der Waals surface area contributed by atoms with Crippen molar-refractivity contribution >= 4 is 11.7 Å². The lowest BCUT2D eigenvalue weighted by Gasteiger charge is -2.09. The van der Waals surface area contributed by atoms with Gasteiger partial charge in [0.15, 0.2) is 0 Å². The summed E-state index contributed by atoms with van der Waals surface area (Å²) in [5.74, 6) is -1.03. The Labute approximate surface area is 112 Å². The molecule has 0 aliphatic heterocycles. The van der Waals surface area contributed by atoms with Crippen LogP contribution in [0.5, 0.6) is 5.75 Å². The number of phenols is 1. The van der Waals surface area contributed by atoms with Gasteiger partial charge in [-0.2, -0.15) is 0 Å². The van der Waals surface area contributed by atoms with Crippen LogP contribution in [0.4, 0.5) is 5.69 Å². The van der Waals surface area contributed by atoms with Gasteiger partial charge in [0.2, 0.25) is 0 Å². The topological polar surface area (TPSA) is 83.5 Å². The van der Waals surface area contributed by atoms with Gasteiger partial charge >= 0.3 is 5.97 Å². The molecule has 4 nitrogen and oxygen atoms in total. The molecule has 100 valence electrons. The Balaban J connectivity index is 0.00000180. The fourth-order valence-electron chi connectivity index (χ4n) is 1.85. The van der Waals surface area contributed by atoms with Gasteiger partial charge in [0, 0.05) is 5.56 Å². The van der Waals surface area contributed by atoms with Gasteiger partial charge in [0.1, 0.15) is 5.75 Å². The summed E-state index contributed by atoms with van der Waals surface area (Å²) in [7, 11) is 0. The number of phenolic OH excluding ortho intramolecular Hbond substituents is 1. The standard InChI is InChI=1S/C14H13NO3.CH4/c1-8-5-11(13(16)12(15)6-8)9-3-2-4-10(7-9)14(17)18;/h2-7,16H,15H2,1H3,(H,17,18);1H4. The minimum Gasteiger partial charge on any atom is -0.505 e. The van der Waals surface area contributed by atoms with Crippen LogP contribution < -0.4 is 5.73 Å². The molecule has 0 aromatic heterocycles. The number of aromatic hydroxyl groups is 1. The van der Waals surface area contributed by atoms with Crippen molar-refractivity contribution in [2.45, 2.75) is 14.4 Å². The number of anilines is 1. The predicted octanol–water partition coefficient (Wildman–Crippen LogP) is 3.28. The van der Waals surface area contributed by atoms with E-state index in [1.807, 2.05) is 6.92 Å². The van der Waals surface area contributed by atoms with Crippen LogP contribution in [0.3, 0.4) is 0 Å². The molecule has 2 aromatic carbocycles. The molecule has 0 fully saturated rings. The fourth-order valence-corrected chi connectivity index (χ4v) is 1.85. The smallest absolute Gasteiger partial charge is 0.335 e. The number of hydrogen-bond acceptors (Lipinski definition) is 3. The van der Waals surface area contributed by atoms with E-state index in [-0.39, 0.29) is 24.4 Å². The van der Waals surface area contributed by atoms with Crippen LogP contribution in [0.1, 0.15) is 23.3 Å². The predicted molar refractivity (Wildman–Crippen MR) is 76.4 cm³/mol. The van der Waals surface area contributed by atoms with Crippen molar-refractivity contribution in [1.82, 2.24) is 0 Å². The summed E-state index contributed by atoms with van der Waals surface area (Å²) in [6.45, 7) is 1.86.